The van der Waals surface area contributed by atoms with Crippen LogP contribution in [0.1, 0.15) is 10.4 Å². The molecule has 1 aromatic heterocycles. The number of Topliss-reactive ketones (excluding diaryl/α,β-unsaturated/α-hetero) is 1. The van der Waals surface area contributed by atoms with Gasteiger partial charge in [-0.15, -0.1) is 0 Å². The van der Waals surface area contributed by atoms with Crippen molar-refractivity contribution in [2.75, 3.05) is 12.9 Å². The fourth-order valence-corrected chi connectivity index (χ4v) is 2.95. The van der Waals surface area contributed by atoms with Gasteiger partial charge in [-0.25, -0.2) is 4.98 Å². The maximum atomic E-state index is 12.2. The number of nitro benzene ring substituents is 1. The summed E-state index contributed by atoms with van der Waals surface area (Å²) in [6.45, 7) is 0. The molecule has 24 heavy (non-hydrogen) atoms. The fraction of sp³-hybridized carbons (Fsp3) is 0.125. The number of imidazole rings is 1. The number of methoxy groups -OCH3 is 1. The van der Waals surface area contributed by atoms with Gasteiger partial charge in [0, 0.05) is 23.8 Å². The first-order chi connectivity index (χ1) is 11.6. The van der Waals surface area contributed by atoms with Crippen LogP contribution in [0.2, 0.25) is 0 Å². The standard InChI is InChI=1S/C16H13N3O4S/c1-23-12-5-6-13-14(8-12)18-16(17-13)24-9-15(20)10-3-2-4-11(7-10)19(21)22/h2-8H,9H2,1H3,(H,17,18). The topological polar surface area (TPSA) is 98.1 Å². The second-order valence-electron chi connectivity index (χ2n) is 4.94. The van der Waals surface area contributed by atoms with Gasteiger partial charge in [0.1, 0.15) is 5.75 Å². The Balaban J connectivity index is 1.72. The molecule has 2 aromatic carbocycles. The molecule has 7 nitrogen and oxygen atoms in total. The summed E-state index contributed by atoms with van der Waals surface area (Å²) in [5, 5.41) is 11.4. The van der Waals surface area contributed by atoms with E-state index in [1.165, 1.54) is 30.0 Å². The quantitative estimate of drug-likeness (QED) is 0.318. The molecule has 0 aliphatic carbocycles. The average molecular weight is 343 g/mol. The van der Waals surface area contributed by atoms with E-state index in [9.17, 15) is 14.9 Å². The number of nitro groups is 1. The Bertz CT molecular complexity index is 923. The highest BCUT2D eigenvalue weighted by atomic mass is 32.2. The Kier molecular flexibility index (Phi) is 4.48. The van der Waals surface area contributed by atoms with Gasteiger partial charge in [0.15, 0.2) is 10.9 Å². The summed E-state index contributed by atoms with van der Waals surface area (Å²) in [5.41, 5.74) is 1.82. The van der Waals surface area contributed by atoms with Crippen molar-refractivity contribution in [2.45, 2.75) is 5.16 Å². The van der Waals surface area contributed by atoms with Crippen LogP contribution in [0.3, 0.4) is 0 Å². The maximum Gasteiger partial charge on any atom is 0.270 e. The molecular weight excluding hydrogens is 330 g/mol. The van der Waals surface area contributed by atoms with Gasteiger partial charge < -0.3 is 9.72 Å². The van der Waals surface area contributed by atoms with E-state index in [1.54, 1.807) is 13.2 Å². The third kappa shape index (κ3) is 3.38. The van der Waals surface area contributed by atoms with E-state index in [1.807, 2.05) is 18.2 Å². The van der Waals surface area contributed by atoms with E-state index in [-0.39, 0.29) is 17.2 Å². The second kappa shape index (κ2) is 6.71. The van der Waals surface area contributed by atoms with Crippen molar-refractivity contribution in [3.63, 3.8) is 0 Å². The van der Waals surface area contributed by atoms with Crippen LogP contribution in [0.4, 0.5) is 5.69 Å². The Morgan fingerprint density at radius 2 is 2.17 bits per heavy atom. The van der Waals surface area contributed by atoms with Crippen LogP contribution in [0.25, 0.3) is 11.0 Å². The van der Waals surface area contributed by atoms with Crippen molar-refractivity contribution in [1.82, 2.24) is 9.97 Å². The molecule has 0 aliphatic heterocycles. The molecule has 8 heteroatoms. The molecule has 0 amide bonds. The van der Waals surface area contributed by atoms with Crippen LogP contribution in [0.5, 0.6) is 5.75 Å². The summed E-state index contributed by atoms with van der Waals surface area (Å²) in [6, 6.07) is 11.2. The molecule has 0 atom stereocenters. The fourth-order valence-electron chi connectivity index (χ4n) is 2.17. The number of nitrogens with zero attached hydrogens (tertiary/aromatic N) is 2. The van der Waals surface area contributed by atoms with Gasteiger partial charge in [0.05, 0.1) is 28.8 Å². The largest absolute Gasteiger partial charge is 0.497 e. The van der Waals surface area contributed by atoms with Crippen LogP contribution in [-0.2, 0) is 0 Å². The third-order valence-electron chi connectivity index (χ3n) is 3.39. The van der Waals surface area contributed by atoms with Gasteiger partial charge in [-0.1, -0.05) is 23.9 Å². The molecule has 1 heterocycles. The van der Waals surface area contributed by atoms with E-state index in [0.29, 0.717) is 10.7 Å². The zero-order valence-corrected chi connectivity index (χ0v) is 13.5. The number of benzene rings is 2. The lowest BCUT2D eigenvalue weighted by atomic mass is 10.1. The van der Waals surface area contributed by atoms with Crippen molar-refractivity contribution in [3.8, 4) is 5.75 Å². The van der Waals surface area contributed by atoms with Gasteiger partial charge in [-0.2, -0.15) is 0 Å². The van der Waals surface area contributed by atoms with Crippen molar-refractivity contribution in [1.29, 1.82) is 0 Å². The monoisotopic (exact) mass is 343 g/mol. The SMILES string of the molecule is COc1ccc2nc(SCC(=O)c3cccc([N+](=O)[O-])c3)[nH]c2c1. The van der Waals surface area contributed by atoms with Gasteiger partial charge in [-0.05, 0) is 12.1 Å². The normalized spacial score (nSPS) is 10.7. The van der Waals surface area contributed by atoms with E-state index in [2.05, 4.69) is 9.97 Å². The molecular formula is C16H13N3O4S. The number of ether oxygens (including phenoxy) is 1. The molecule has 122 valence electrons. The number of non-ortho nitro benzene ring substituents is 1. The molecule has 0 fully saturated rings. The van der Waals surface area contributed by atoms with Gasteiger partial charge in [-0.3, -0.25) is 14.9 Å². The number of nitrogens with one attached hydrogen (secondary N) is 1. The molecule has 0 unspecified atom stereocenters. The highest BCUT2D eigenvalue weighted by Gasteiger charge is 2.13. The predicted molar refractivity (Wildman–Crippen MR) is 90.8 cm³/mol. The molecule has 3 rings (SSSR count). The summed E-state index contributed by atoms with van der Waals surface area (Å²) in [6.07, 6.45) is 0. The number of H-pyrrole nitrogens is 1. The maximum absolute atomic E-state index is 12.2. The minimum atomic E-state index is -0.517. The van der Waals surface area contributed by atoms with E-state index < -0.39 is 4.92 Å². The summed E-state index contributed by atoms with van der Waals surface area (Å²) in [5.74, 6) is 0.662. The zero-order valence-electron chi connectivity index (χ0n) is 12.7. The Morgan fingerprint density at radius 3 is 2.92 bits per heavy atom. The molecule has 1 N–H and O–H groups in total. The van der Waals surface area contributed by atoms with E-state index >= 15 is 0 Å². The Morgan fingerprint density at radius 1 is 1.33 bits per heavy atom. The molecule has 0 aliphatic rings. The number of carbonyl (C=O) groups excluding carboxylic acids is 1. The van der Waals surface area contributed by atoms with Crippen LogP contribution >= 0.6 is 11.8 Å². The zero-order chi connectivity index (χ0) is 17.1. The molecule has 0 bridgehead atoms. The number of hydrogen-bond acceptors (Lipinski definition) is 6. The number of aromatic amines is 1. The molecule has 0 saturated heterocycles. The minimum absolute atomic E-state index is 0.0957. The lowest BCUT2D eigenvalue weighted by Crippen LogP contribution is -2.03. The highest BCUT2D eigenvalue weighted by molar-refractivity contribution is 7.99. The van der Waals surface area contributed by atoms with Gasteiger partial charge in [0.2, 0.25) is 0 Å². The van der Waals surface area contributed by atoms with Gasteiger partial charge in [0.25, 0.3) is 5.69 Å². The Labute approximate surface area is 141 Å². The summed E-state index contributed by atoms with van der Waals surface area (Å²) in [4.78, 5) is 30.0. The third-order valence-corrected chi connectivity index (χ3v) is 4.26. The van der Waals surface area contributed by atoms with Crippen molar-refractivity contribution >= 4 is 34.3 Å². The lowest BCUT2D eigenvalue weighted by Gasteiger charge is -1.99. The lowest BCUT2D eigenvalue weighted by molar-refractivity contribution is -0.384. The van der Waals surface area contributed by atoms with Crippen molar-refractivity contribution in [3.05, 3.63) is 58.1 Å². The first-order valence-electron chi connectivity index (χ1n) is 7.01. The molecule has 0 saturated carbocycles. The van der Waals surface area contributed by atoms with Crippen LogP contribution in [-0.4, -0.2) is 33.5 Å². The predicted octanol–water partition coefficient (Wildman–Crippen LogP) is 3.45. The average Bonchev–Trinajstić information content (AvgIpc) is 3.01. The number of rotatable bonds is 6. The summed E-state index contributed by atoms with van der Waals surface area (Å²) >= 11 is 1.25. The molecule has 3 aromatic rings. The highest BCUT2D eigenvalue weighted by Crippen LogP contribution is 2.24. The van der Waals surface area contributed by atoms with E-state index in [0.717, 1.165) is 16.8 Å². The van der Waals surface area contributed by atoms with Crippen LogP contribution in [0.15, 0.2) is 47.6 Å². The van der Waals surface area contributed by atoms with Crippen molar-refractivity contribution in [2.24, 2.45) is 0 Å². The summed E-state index contributed by atoms with van der Waals surface area (Å²) < 4.78 is 5.15. The number of aromatic nitrogens is 2. The van der Waals surface area contributed by atoms with Crippen LogP contribution in [0, 0.1) is 10.1 Å². The number of ketones is 1. The number of thioether (sulfide) groups is 1. The van der Waals surface area contributed by atoms with Crippen molar-refractivity contribution < 1.29 is 14.5 Å². The number of fused-ring (bicyclic) bond motifs is 1. The number of hydrogen-bond donors (Lipinski definition) is 1. The molecule has 0 radical (unpaired) electrons. The van der Waals surface area contributed by atoms with Crippen LogP contribution < -0.4 is 4.74 Å². The first-order valence-corrected chi connectivity index (χ1v) is 7.99. The van der Waals surface area contributed by atoms with E-state index in [4.69, 9.17) is 4.74 Å². The second-order valence-corrected chi connectivity index (χ2v) is 5.91. The Hall–Kier alpha value is -2.87. The number of carbonyl (C=O) groups is 1. The summed E-state index contributed by atoms with van der Waals surface area (Å²) in [7, 11) is 1.59. The molecule has 0 spiro atoms. The first kappa shape index (κ1) is 16.0. The minimum Gasteiger partial charge on any atom is -0.497 e. The van der Waals surface area contributed by atoms with Gasteiger partial charge >= 0.3 is 0 Å². The smallest absolute Gasteiger partial charge is 0.270 e.